The molecule has 1 nitrogen and oxygen atoms in total. The topological polar surface area (TPSA) is 17.1 Å². The van der Waals surface area contributed by atoms with Gasteiger partial charge in [-0.15, -0.1) is 11.8 Å². The van der Waals surface area contributed by atoms with Gasteiger partial charge in [0.1, 0.15) is 5.82 Å². The molecule has 1 aromatic rings. The molecule has 0 saturated heterocycles. The molecule has 70 valence electrons. The largest absolute Gasteiger partial charge is 0.280 e. The average Bonchev–Trinajstić information content (AvgIpc) is 2.08. The van der Waals surface area contributed by atoms with Crippen molar-refractivity contribution < 1.29 is 9.18 Å². The second-order valence-electron chi connectivity index (χ2n) is 2.52. The van der Waals surface area contributed by atoms with Crippen LogP contribution in [-0.2, 0) is 4.79 Å². The van der Waals surface area contributed by atoms with E-state index in [2.05, 4.69) is 0 Å². The van der Waals surface area contributed by atoms with Crippen LogP contribution >= 0.6 is 23.4 Å². The fraction of sp³-hybridized carbons (Fsp3) is 0.222. The lowest BCUT2D eigenvalue weighted by Crippen LogP contribution is -2.04. The molecule has 0 aromatic heterocycles. The molecule has 0 N–H and O–H groups in total. The van der Waals surface area contributed by atoms with Gasteiger partial charge in [-0.1, -0.05) is 0 Å². The summed E-state index contributed by atoms with van der Waals surface area (Å²) in [6.45, 7) is 1.71. The van der Waals surface area contributed by atoms with E-state index in [1.807, 2.05) is 0 Å². The molecule has 0 radical (unpaired) electrons. The molecule has 13 heavy (non-hydrogen) atoms. The zero-order chi connectivity index (χ0) is 9.84. The summed E-state index contributed by atoms with van der Waals surface area (Å²) < 4.78 is 12.5. The summed E-state index contributed by atoms with van der Waals surface area (Å²) >= 11 is 6.59. The van der Waals surface area contributed by atoms with Crippen LogP contribution in [0.25, 0.3) is 0 Å². The lowest BCUT2D eigenvalue weighted by atomic mass is 10.4. The molecular formula is C9H8ClFOS. The first kappa shape index (κ1) is 10.5. The number of halogens is 2. The number of benzene rings is 1. The summed E-state index contributed by atoms with van der Waals surface area (Å²) in [4.78, 5) is 11.5. The number of thioether (sulfide) groups is 1. The van der Waals surface area contributed by atoms with Crippen molar-refractivity contribution in [3.8, 4) is 0 Å². The van der Waals surface area contributed by atoms with E-state index in [9.17, 15) is 9.18 Å². The predicted octanol–water partition coefficient (Wildman–Crippen LogP) is 3.07. The maximum Gasteiger partial charge on any atom is 0.234 e. The minimum atomic E-state index is -0.394. The Hall–Kier alpha value is -0.540. The third kappa shape index (κ3) is 3.36. The molecule has 0 heterocycles. The SMILES string of the molecule is CC(Sc1ccc(F)cc1)C(=O)Cl. The monoisotopic (exact) mass is 218 g/mol. The summed E-state index contributed by atoms with van der Waals surface area (Å²) in [5, 5.41) is -0.693. The summed E-state index contributed by atoms with van der Waals surface area (Å²) in [6, 6.07) is 5.95. The molecule has 0 fully saturated rings. The maximum absolute atomic E-state index is 12.5. The third-order valence-electron chi connectivity index (χ3n) is 1.45. The van der Waals surface area contributed by atoms with Crippen LogP contribution in [0.2, 0.25) is 0 Å². The molecule has 4 heteroatoms. The molecular weight excluding hydrogens is 211 g/mol. The van der Waals surface area contributed by atoms with E-state index in [4.69, 9.17) is 11.6 Å². The fourth-order valence-electron chi connectivity index (χ4n) is 0.764. The number of hydrogen-bond donors (Lipinski definition) is 0. The Labute approximate surface area is 85.3 Å². The van der Waals surface area contributed by atoms with Gasteiger partial charge >= 0.3 is 0 Å². The first-order chi connectivity index (χ1) is 6.09. The average molecular weight is 219 g/mol. The van der Waals surface area contributed by atoms with E-state index >= 15 is 0 Å². The van der Waals surface area contributed by atoms with Crippen LogP contribution in [0.4, 0.5) is 4.39 Å². The van der Waals surface area contributed by atoms with Crippen molar-refractivity contribution in [3.05, 3.63) is 30.1 Å². The maximum atomic E-state index is 12.5. The molecule has 0 aliphatic carbocycles. The summed E-state index contributed by atoms with van der Waals surface area (Å²) in [5.74, 6) is -0.283. The van der Waals surface area contributed by atoms with Crippen molar-refractivity contribution in [1.29, 1.82) is 0 Å². The van der Waals surface area contributed by atoms with Crippen LogP contribution in [-0.4, -0.2) is 10.5 Å². The molecule has 0 saturated carbocycles. The first-order valence-corrected chi connectivity index (χ1v) is 4.97. The van der Waals surface area contributed by atoms with Crippen molar-refractivity contribution >= 4 is 28.6 Å². The van der Waals surface area contributed by atoms with Crippen LogP contribution < -0.4 is 0 Å². The standard InChI is InChI=1S/C9H8ClFOS/c1-6(9(10)12)13-8-4-2-7(11)3-5-8/h2-6H,1H3. The van der Waals surface area contributed by atoms with E-state index in [1.54, 1.807) is 19.1 Å². The van der Waals surface area contributed by atoms with Gasteiger partial charge in [-0.25, -0.2) is 4.39 Å². The number of rotatable bonds is 3. The predicted molar refractivity (Wildman–Crippen MR) is 52.6 cm³/mol. The normalized spacial score (nSPS) is 12.5. The zero-order valence-corrected chi connectivity index (χ0v) is 8.53. The Balaban J connectivity index is 2.64. The van der Waals surface area contributed by atoms with E-state index in [0.717, 1.165) is 4.90 Å². The molecule has 0 bridgehead atoms. The van der Waals surface area contributed by atoms with Crippen LogP contribution in [0.1, 0.15) is 6.92 Å². The molecule has 1 atom stereocenters. The second kappa shape index (κ2) is 4.63. The van der Waals surface area contributed by atoms with Crippen LogP contribution in [0.3, 0.4) is 0 Å². The first-order valence-electron chi connectivity index (χ1n) is 3.71. The number of hydrogen-bond acceptors (Lipinski definition) is 2. The van der Waals surface area contributed by atoms with Gasteiger partial charge < -0.3 is 0 Å². The van der Waals surface area contributed by atoms with Gasteiger partial charge in [-0.2, -0.15) is 0 Å². The minimum Gasteiger partial charge on any atom is -0.280 e. The molecule has 0 aliphatic rings. The number of carbonyl (C=O) groups is 1. The molecule has 0 amide bonds. The molecule has 1 rings (SSSR count). The van der Waals surface area contributed by atoms with Crippen molar-refractivity contribution in [2.75, 3.05) is 0 Å². The highest BCUT2D eigenvalue weighted by atomic mass is 35.5. The highest BCUT2D eigenvalue weighted by molar-refractivity contribution is 8.00. The summed E-state index contributed by atoms with van der Waals surface area (Å²) in [7, 11) is 0. The van der Waals surface area contributed by atoms with Crippen molar-refractivity contribution in [3.63, 3.8) is 0 Å². The van der Waals surface area contributed by atoms with Gasteiger partial charge in [0.05, 0.1) is 5.25 Å². The van der Waals surface area contributed by atoms with Crippen LogP contribution in [0.5, 0.6) is 0 Å². The van der Waals surface area contributed by atoms with Gasteiger partial charge in [0.2, 0.25) is 5.24 Å². The summed E-state index contributed by atoms with van der Waals surface area (Å²) in [5.41, 5.74) is 0. The lowest BCUT2D eigenvalue weighted by Gasteiger charge is -2.04. The minimum absolute atomic E-state index is 0.283. The Morgan fingerprint density at radius 3 is 2.46 bits per heavy atom. The van der Waals surface area contributed by atoms with E-state index in [1.165, 1.54) is 23.9 Å². The van der Waals surface area contributed by atoms with E-state index in [0.29, 0.717) is 0 Å². The van der Waals surface area contributed by atoms with Gasteiger partial charge in [0.25, 0.3) is 0 Å². The fourth-order valence-corrected chi connectivity index (χ4v) is 1.69. The van der Waals surface area contributed by atoms with Crippen molar-refractivity contribution in [2.45, 2.75) is 17.1 Å². The van der Waals surface area contributed by atoms with Gasteiger partial charge in [0, 0.05) is 4.90 Å². The second-order valence-corrected chi connectivity index (χ2v) is 4.30. The Kier molecular flexibility index (Phi) is 3.75. The highest BCUT2D eigenvalue weighted by Crippen LogP contribution is 2.24. The zero-order valence-electron chi connectivity index (χ0n) is 6.96. The van der Waals surface area contributed by atoms with Gasteiger partial charge in [-0.3, -0.25) is 4.79 Å². The van der Waals surface area contributed by atoms with E-state index in [-0.39, 0.29) is 11.1 Å². The Morgan fingerprint density at radius 1 is 1.46 bits per heavy atom. The molecule has 0 aliphatic heterocycles. The molecule has 0 spiro atoms. The van der Waals surface area contributed by atoms with Gasteiger partial charge in [-0.05, 0) is 42.8 Å². The highest BCUT2D eigenvalue weighted by Gasteiger charge is 2.10. The van der Waals surface area contributed by atoms with Crippen LogP contribution in [0, 0.1) is 5.82 Å². The Morgan fingerprint density at radius 2 is 2.00 bits per heavy atom. The van der Waals surface area contributed by atoms with Crippen molar-refractivity contribution in [2.24, 2.45) is 0 Å². The quantitative estimate of drug-likeness (QED) is 0.573. The number of carbonyl (C=O) groups excluding carboxylic acids is 1. The molecule has 1 unspecified atom stereocenters. The smallest absolute Gasteiger partial charge is 0.234 e. The van der Waals surface area contributed by atoms with Crippen LogP contribution in [0.15, 0.2) is 29.2 Å². The third-order valence-corrected chi connectivity index (χ3v) is 3.01. The van der Waals surface area contributed by atoms with E-state index < -0.39 is 5.24 Å². The summed E-state index contributed by atoms with van der Waals surface area (Å²) in [6.07, 6.45) is 0. The van der Waals surface area contributed by atoms with Crippen molar-refractivity contribution in [1.82, 2.24) is 0 Å². The lowest BCUT2D eigenvalue weighted by molar-refractivity contribution is -0.111. The van der Waals surface area contributed by atoms with Gasteiger partial charge in [0.15, 0.2) is 0 Å². The molecule has 1 aromatic carbocycles. The Bertz CT molecular complexity index is 299.